The maximum absolute atomic E-state index is 13.6. The molecule has 6 heteroatoms. The lowest BCUT2D eigenvalue weighted by Gasteiger charge is -2.34. The predicted molar refractivity (Wildman–Crippen MR) is 123 cm³/mol. The molecule has 32 heavy (non-hydrogen) atoms. The van der Waals surface area contributed by atoms with E-state index in [1.165, 1.54) is 13.8 Å². The number of likely N-dealkylation sites (N-methyl/N-ethyl adjacent to an activating group) is 1. The van der Waals surface area contributed by atoms with Gasteiger partial charge in [0, 0.05) is 26.8 Å². The van der Waals surface area contributed by atoms with E-state index in [0.717, 1.165) is 11.1 Å². The summed E-state index contributed by atoms with van der Waals surface area (Å²) in [7, 11) is 1.72. The maximum atomic E-state index is 13.6. The molecule has 0 saturated heterocycles. The highest BCUT2D eigenvalue weighted by molar-refractivity contribution is 5.79. The van der Waals surface area contributed by atoms with Crippen molar-refractivity contribution in [2.75, 3.05) is 7.05 Å². The first-order chi connectivity index (χ1) is 15.2. The number of ether oxygens (including phenoxy) is 2. The molecular weight excluding hydrogens is 406 g/mol. The second-order valence-corrected chi connectivity index (χ2v) is 8.17. The number of carbonyl (C=O) groups is 3. The van der Waals surface area contributed by atoms with Gasteiger partial charge >= 0.3 is 11.9 Å². The number of carbonyl (C=O) groups excluding carboxylic acids is 3. The third-order valence-corrected chi connectivity index (χ3v) is 5.48. The van der Waals surface area contributed by atoms with Gasteiger partial charge in [-0.1, -0.05) is 60.7 Å². The first-order valence-corrected chi connectivity index (χ1v) is 10.9. The summed E-state index contributed by atoms with van der Waals surface area (Å²) in [6.45, 7) is 6.39. The van der Waals surface area contributed by atoms with Crippen LogP contribution in [0.4, 0.5) is 0 Å². The van der Waals surface area contributed by atoms with E-state index < -0.39 is 30.1 Å². The minimum absolute atomic E-state index is 0.0894. The van der Waals surface area contributed by atoms with Crippen molar-refractivity contribution in [2.24, 2.45) is 5.92 Å². The lowest BCUT2D eigenvalue weighted by atomic mass is 9.91. The van der Waals surface area contributed by atoms with Gasteiger partial charge in [0.15, 0.2) is 0 Å². The molecule has 0 fully saturated rings. The monoisotopic (exact) mass is 439 g/mol. The Balaban J connectivity index is 2.26. The van der Waals surface area contributed by atoms with Crippen LogP contribution in [0.25, 0.3) is 0 Å². The Morgan fingerprint density at radius 2 is 1.38 bits per heavy atom. The number of hydrogen-bond acceptors (Lipinski definition) is 5. The number of esters is 2. The predicted octanol–water partition coefficient (Wildman–Crippen LogP) is 4.34. The number of amides is 1. The van der Waals surface area contributed by atoms with E-state index in [1.54, 1.807) is 18.9 Å². The zero-order chi connectivity index (χ0) is 23.7. The molecule has 0 aliphatic carbocycles. The molecule has 4 atom stereocenters. The molecule has 0 aliphatic heterocycles. The highest BCUT2D eigenvalue weighted by Gasteiger charge is 2.33. The van der Waals surface area contributed by atoms with Crippen molar-refractivity contribution in [3.63, 3.8) is 0 Å². The Bertz CT molecular complexity index is 884. The molecule has 0 spiro atoms. The third-order valence-electron chi connectivity index (χ3n) is 5.48. The van der Waals surface area contributed by atoms with Crippen molar-refractivity contribution in [3.05, 3.63) is 71.8 Å². The van der Waals surface area contributed by atoms with E-state index in [1.807, 2.05) is 67.6 Å². The molecule has 0 unspecified atom stereocenters. The van der Waals surface area contributed by atoms with Crippen LogP contribution in [0.1, 0.15) is 51.3 Å². The van der Waals surface area contributed by atoms with E-state index in [9.17, 15) is 14.4 Å². The maximum Gasteiger partial charge on any atom is 0.303 e. The van der Waals surface area contributed by atoms with Crippen LogP contribution in [0.5, 0.6) is 0 Å². The van der Waals surface area contributed by atoms with Crippen molar-refractivity contribution < 1.29 is 23.9 Å². The fourth-order valence-corrected chi connectivity index (χ4v) is 3.86. The van der Waals surface area contributed by atoms with E-state index in [2.05, 4.69) is 0 Å². The smallest absolute Gasteiger partial charge is 0.303 e. The van der Waals surface area contributed by atoms with Gasteiger partial charge in [0.25, 0.3) is 0 Å². The topological polar surface area (TPSA) is 72.9 Å². The highest BCUT2D eigenvalue weighted by atomic mass is 16.5. The van der Waals surface area contributed by atoms with Gasteiger partial charge < -0.3 is 14.4 Å². The van der Waals surface area contributed by atoms with Crippen molar-refractivity contribution in [2.45, 2.75) is 58.8 Å². The molecule has 172 valence electrons. The first-order valence-electron chi connectivity index (χ1n) is 10.9. The normalized spacial score (nSPS) is 14.5. The molecule has 0 N–H and O–H groups in total. The van der Waals surface area contributed by atoms with Crippen LogP contribution >= 0.6 is 0 Å². The molecule has 2 aromatic carbocycles. The Morgan fingerprint density at radius 1 is 0.844 bits per heavy atom. The van der Waals surface area contributed by atoms with E-state index in [-0.39, 0.29) is 11.9 Å². The molecular formula is C26H33NO5. The second-order valence-electron chi connectivity index (χ2n) is 8.17. The van der Waals surface area contributed by atoms with E-state index >= 15 is 0 Å². The van der Waals surface area contributed by atoms with Crippen LogP contribution in [-0.2, 0) is 30.3 Å². The average molecular weight is 440 g/mol. The van der Waals surface area contributed by atoms with Crippen molar-refractivity contribution in [1.82, 2.24) is 4.90 Å². The van der Waals surface area contributed by atoms with Crippen LogP contribution < -0.4 is 0 Å². The Morgan fingerprint density at radius 3 is 1.91 bits per heavy atom. The van der Waals surface area contributed by atoms with Crippen molar-refractivity contribution in [3.8, 4) is 0 Å². The van der Waals surface area contributed by atoms with Gasteiger partial charge in [0.1, 0.15) is 6.10 Å². The average Bonchev–Trinajstić information content (AvgIpc) is 2.76. The molecule has 0 radical (unpaired) electrons. The lowest BCUT2D eigenvalue weighted by Crippen LogP contribution is -2.44. The third kappa shape index (κ3) is 7.52. The molecule has 0 aliphatic rings. The molecule has 0 bridgehead atoms. The van der Waals surface area contributed by atoms with Gasteiger partial charge in [0.05, 0.1) is 12.1 Å². The zero-order valence-corrected chi connectivity index (χ0v) is 19.5. The molecule has 0 aromatic heterocycles. The Labute approximate surface area is 190 Å². The fraction of sp³-hybridized carbons (Fsp3) is 0.423. The van der Waals surface area contributed by atoms with Crippen LogP contribution in [0.3, 0.4) is 0 Å². The summed E-state index contributed by atoms with van der Waals surface area (Å²) in [5, 5.41) is 0. The minimum atomic E-state index is -0.592. The number of hydrogen-bond donors (Lipinski definition) is 0. The van der Waals surface area contributed by atoms with Gasteiger partial charge in [-0.15, -0.1) is 0 Å². The Kier molecular flexibility index (Phi) is 9.44. The van der Waals surface area contributed by atoms with Gasteiger partial charge in [-0.2, -0.15) is 0 Å². The van der Waals surface area contributed by atoms with Gasteiger partial charge in [-0.25, -0.2) is 0 Å². The van der Waals surface area contributed by atoms with Gasteiger partial charge in [-0.05, 0) is 37.8 Å². The van der Waals surface area contributed by atoms with E-state index in [4.69, 9.17) is 9.47 Å². The summed E-state index contributed by atoms with van der Waals surface area (Å²) in [6.07, 6.45) is -0.0713. The summed E-state index contributed by atoms with van der Waals surface area (Å²) in [5.41, 5.74) is 1.85. The second kappa shape index (κ2) is 12.0. The molecule has 2 aromatic rings. The summed E-state index contributed by atoms with van der Waals surface area (Å²) < 4.78 is 10.9. The SMILES string of the molecule is CC(=O)O[C@@H](C)C[C@H](Cc1ccccc1)C(=O)N(C)[C@@H](C)[C@@H](OC(C)=O)c1ccccc1. The minimum Gasteiger partial charge on any atom is -0.463 e. The van der Waals surface area contributed by atoms with Gasteiger partial charge in [0.2, 0.25) is 5.91 Å². The Hall–Kier alpha value is -3.15. The fourth-order valence-electron chi connectivity index (χ4n) is 3.86. The number of rotatable bonds is 10. The van der Waals surface area contributed by atoms with Crippen LogP contribution in [-0.4, -0.2) is 41.9 Å². The summed E-state index contributed by atoms with van der Waals surface area (Å²) in [4.78, 5) is 38.4. The van der Waals surface area contributed by atoms with E-state index in [0.29, 0.717) is 12.8 Å². The lowest BCUT2D eigenvalue weighted by molar-refractivity contribution is -0.155. The molecule has 0 heterocycles. The highest BCUT2D eigenvalue weighted by Crippen LogP contribution is 2.27. The van der Waals surface area contributed by atoms with Crippen LogP contribution in [0.15, 0.2) is 60.7 Å². The molecule has 6 nitrogen and oxygen atoms in total. The van der Waals surface area contributed by atoms with Crippen molar-refractivity contribution in [1.29, 1.82) is 0 Å². The molecule has 2 rings (SSSR count). The van der Waals surface area contributed by atoms with Crippen LogP contribution in [0.2, 0.25) is 0 Å². The first kappa shape index (κ1) is 25.1. The summed E-state index contributed by atoms with van der Waals surface area (Å²) in [5.74, 6) is -1.26. The molecule has 1 amide bonds. The zero-order valence-electron chi connectivity index (χ0n) is 19.5. The number of benzene rings is 2. The quantitative estimate of drug-likeness (QED) is 0.515. The van der Waals surface area contributed by atoms with Crippen molar-refractivity contribution >= 4 is 17.8 Å². The van der Waals surface area contributed by atoms with Gasteiger partial charge in [-0.3, -0.25) is 14.4 Å². The summed E-state index contributed by atoms with van der Waals surface area (Å²) in [6, 6.07) is 18.8. The largest absolute Gasteiger partial charge is 0.463 e. The van der Waals surface area contributed by atoms with Crippen LogP contribution in [0, 0.1) is 5.92 Å². The molecule has 0 saturated carbocycles. The summed E-state index contributed by atoms with van der Waals surface area (Å²) >= 11 is 0. The standard InChI is InChI=1S/C26H33NO5/c1-18(31-20(3)28)16-24(17-22-12-8-6-9-13-22)26(30)27(5)19(2)25(32-21(4)29)23-14-10-7-11-15-23/h6-15,18-19,24-25H,16-17H2,1-5H3/t18-,19-,24+,25+/m0/s1. The number of nitrogens with zero attached hydrogens (tertiary/aromatic N) is 1.